The van der Waals surface area contributed by atoms with E-state index < -0.39 is 0 Å². The molecule has 0 saturated heterocycles. The number of anilines is 1. The van der Waals surface area contributed by atoms with Crippen molar-refractivity contribution in [2.45, 2.75) is 58.8 Å². The van der Waals surface area contributed by atoms with Gasteiger partial charge in [0.2, 0.25) is 5.91 Å². The molecule has 1 aromatic rings. The van der Waals surface area contributed by atoms with Gasteiger partial charge < -0.3 is 14.8 Å². The van der Waals surface area contributed by atoms with Gasteiger partial charge >= 0.3 is 0 Å². The molecule has 2 amide bonds. The molecule has 1 aromatic heterocycles. The summed E-state index contributed by atoms with van der Waals surface area (Å²) in [5, 5.41) is 2.78. The van der Waals surface area contributed by atoms with Crippen LogP contribution < -0.4 is 10.9 Å². The summed E-state index contributed by atoms with van der Waals surface area (Å²) in [5.74, 6) is -0.243. The lowest BCUT2D eigenvalue weighted by molar-refractivity contribution is -0.120. The topological polar surface area (TPSA) is 71.4 Å². The number of amides is 2. The molecule has 0 aromatic carbocycles. The van der Waals surface area contributed by atoms with Crippen LogP contribution in [0.3, 0.4) is 0 Å². The SMILES string of the molecule is CCCN(CCC)C(=O)c1cc(NC(=O)C2CCCCC2)c(=O)n(C)c1. The Morgan fingerprint density at radius 3 is 2.35 bits per heavy atom. The molecule has 1 saturated carbocycles. The lowest BCUT2D eigenvalue weighted by Gasteiger charge is -2.23. The minimum atomic E-state index is -0.289. The van der Waals surface area contributed by atoms with Gasteiger partial charge in [-0.05, 0) is 31.7 Å². The van der Waals surface area contributed by atoms with Crippen molar-refractivity contribution in [2.75, 3.05) is 18.4 Å². The fraction of sp³-hybridized carbons (Fsp3) is 0.650. The molecule has 26 heavy (non-hydrogen) atoms. The molecule has 0 spiro atoms. The van der Waals surface area contributed by atoms with Crippen molar-refractivity contribution >= 4 is 17.5 Å². The molecular formula is C20H31N3O3. The van der Waals surface area contributed by atoms with Crippen LogP contribution in [-0.2, 0) is 11.8 Å². The van der Waals surface area contributed by atoms with Gasteiger partial charge in [-0.25, -0.2) is 0 Å². The first kappa shape index (κ1) is 20.2. The Kier molecular flexibility index (Phi) is 7.42. The molecule has 144 valence electrons. The Hall–Kier alpha value is -2.11. The summed E-state index contributed by atoms with van der Waals surface area (Å²) in [4.78, 5) is 39.5. The summed E-state index contributed by atoms with van der Waals surface area (Å²) in [5.41, 5.74) is 0.345. The molecule has 2 rings (SSSR count). The highest BCUT2D eigenvalue weighted by molar-refractivity contribution is 5.97. The molecule has 0 atom stereocenters. The van der Waals surface area contributed by atoms with Crippen molar-refractivity contribution in [3.8, 4) is 0 Å². The van der Waals surface area contributed by atoms with E-state index in [-0.39, 0.29) is 29.0 Å². The minimum absolute atomic E-state index is 0.0375. The fourth-order valence-corrected chi connectivity index (χ4v) is 3.56. The van der Waals surface area contributed by atoms with Crippen LogP contribution in [-0.4, -0.2) is 34.4 Å². The van der Waals surface area contributed by atoms with Crippen LogP contribution in [0, 0.1) is 5.92 Å². The van der Waals surface area contributed by atoms with Gasteiger partial charge in [-0.3, -0.25) is 14.4 Å². The first-order chi connectivity index (χ1) is 12.5. The number of carbonyl (C=O) groups is 2. The van der Waals surface area contributed by atoms with E-state index >= 15 is 0 Å². The Morgan fingerprint density at radius 1 is 1.15 bits per heavy atom. The van der Waals surface area contributed by atoms with Gasteiger partial charge in [0, 0.05) is 32.3 Å². The van der Waals surface area contributed by atoms with Gasteiger partial charge in [0.1, 0.15) is 5.69 Å². The summed E-state index contributed by atoms with van der Waals surface area (Å²) in [7, 11) is 1.61. The van der Waals surface area contributed by atoms with Crippen molar-refractivity contribution in [1.29, 1.82) is 0 Å². The van der Waals surface area contributed by atoms with E-state index in [1.807, 2.05) is 13.8 Å². The lowest BCUT2D eigenvalue weighted by Crippen LogP contribution is -2.34. The second-order valence-electron chi connectivity index (χ2n) is 7.17. The molecule has 1 aliphatic rings. The van der Waals surface area contributed by atoms with Gasteiger partial charge in [0.25, 0.3) is 11.5 Å². The Labute approximate surface area is 155 Å². The van der Waals surface area contributed by atoms with Gasteiger partial charge in [0.15, 0.2) is 0 Å². The predicted molar refractivity (Wildman–Crippen MR) is 103 cm³/mol. The number of rotatable bonds is 7. The highest BCUT2D eigenvalue weighted by Crippen LogP contribution is 2.24. The lowest BCUT2D eigenvalue weighted by atomic mass is 9.88. The highest BCUT2D eigenvalue weighted by atomic mass is 16.2. The maximum absolute atomic E-state index is 12.8. The standard InChI is InChI=1S/C20H31N3O3/c1-4-11-23(12-5-2)19(25)16-13-17(20(26)22(3)14-16)21-18(24)15-9-7-6-8-10-15/h13-15H,4-12H2,1-3H3,(H,21,24). The molecule has 6 heteroatoms. The van der Waals surface area contributed by atoms with Crippen LogP contribution in [0.25, 0.3) is 0 Å². The van der Waals surface area contributed by atoms with Crippen LogP contribution in [0.2, 0.25) is 0 Å². The monoisotopic (exact) mass is 361 g/mol. The first-order valence-electron chi connectivity index (χ1n) is 9.78. The number of aryl methyl sites for hydroxylation is 1. The number of carbonyl (C=O) groups excluding carboxylic acids is 2. The van der Waals surface area contributed by atoms with Gasteiger partial charge in [-0.1, -0.05) is 33.1 Å². The number of aromatic nitrogens is 1. The second-order valence-corrected chi connectivity index (χ2v) is 7.17. The zero-order valence-corrected chi connectivity index (χ0v) is 16.2. The molecule has 0 aliphatic heterocycles. The molecule has 6 nitrogen and oxygen atoms in total. The number of pyridine rings is 1. The zero-order chi connectivity index (χ0) is 19.1. The van der Waals surface area contributed by atoms with E-state index in [0.29, 0.717) is 18.7 Å². The quantitative estimate of drug-likeness (QED) is 0.811. The van der Waals surface area contributed by atoms with Crippen molar-refractivity contribution in [2.24, 2.45) is 13.0 Å². The molecule has 0 radical (unpaired) electrons. The van der Waals surface area contributed by atoms with E-state index in [9.17, 15) is 14.4 Å². The molecule has 0 bridgehead atoms. The summed E-state index contributed by atoms with van der Waals surface area (Å²) < 4.78 is 1.37. The second kappa shape index (κ2) is 9.55. The van der Waals surface area contributed by atoms with Gasteiger partial charge in [0.05, 0.1) is 5.56 Å². The Morgan fingerprint density at radius 2 is 1.77 bits per heavy atom. The fourth-order valence-electron chi connectivity index (χ4n) is 3.56. The highest BCUT2D eigenvalue weighted by Gasteiger charge is 2.23. The third-order valence-corrected chi connectivity index (χ3v) is 4.94. The molecule has 0 unspecified atom stereocenters. The van der Waals surface area contributed by atoms with E-state index in [2.05, 4.69) is 5.32 Å². The summed E-state index contributed by atoms with van der Waals surface area (Å²) in [6, 6.07) is 1.53. The van der Waals surface area contributed by atoms with Crippen molar-refractivity contribution < 1.29 is 9.59 Å². The smallest absolute Gasteiger partial charge is 0.274 e. The van der Waals surface area contributed by atoms with Crippen LogP contribution in [0.15, 0.2) is 17.1 Å². The number of hydrogen-bond acceptors (Lipinski definition) is 3. The molecule has 1 heterocycles. The normalized spacial score (nSPS) is 14.9. The van der Waals surface area contributed by atoms with Crippen LogP contribution in [0.4, 0.5) is 5.69 Å². The molecule has 1 fully saturated rings. The van der Waals surface area contributed by atoms with Crippen molar-refractivity contribution in [1.82, 2.24) is 9.47 Å². The van der Waals surface area contributed by atoms with Crippen molar-refractivity contribution in [3.05, 3.63) is 28.2 Å². The molecule has 1 aliphatic carbocycles. The minimum Gasteiger partial charge on any atom is -0.339 e. The molecular weight excluding hydrogens is 330 g/mol. The first-order valence-corrected chi connectivity index (χ1v) is 9.78. The number of nitrogens with zero attached hydrogens (tertiary/aromatic N) is 2. The third-order valence-electron chi connectivity index (χ3n) is 4.94. The third kappa shape index (κ3) is 4.96. The Bertz CT molecular complexity index is 684. The van der Waals surface area contributed by atoms with Gasteiger partial charge in [-0.15, -0.1) is 0 Å². The van der Waals surface area contributed by atoms with Crippen LogP contribution in [0.5, 0.6) is 0 Å². The number of nitrogens with one attached hydrogen (secondary N) is 1. The Balaban J connectivity index is 2.23. The summed E-state index contributed by atoms with van der Waals surface area (Å²) in [6.45, 7) is 5.43. The van der Waals surface area contributed by atoms with Crippen LogP contribution in [0.1, 0.15) is 69.2 Å². The van der Waals surface area contributed by atoms with E-state index in [1.54, 1.807) is 18.1 Å². The van der Waals surface area contributed by atoms with Crippen molar-refractivity contribution in [3.63, 3.8) is 0 Å². The van der Waals surface area contributed by atoms with Crippen LogP contribution >= 0.6 is 0 Å². The zero-order valence-electron chi connectivity index (χ0n) is 16.2. The molecule has 1 N–H and O–H groups in total. The largest absolute Gasteiger partial charge is 0.339 e. The average molecular weight is 361 g/mol. The maximum Gasteiger partial charge on any atom is 0.274 e. The number of hydrogen-bond donors (Lipinski definition) is 1. The predicted octanol–water partition coefficient (Wildman–Crippen LogP) is 3.17. The van der Waals surface area contributed by atoms with E-state index in [1.165, 1.54) is 17.1 Å². The van der Waals surface area contributed by atoms with Gasteiger partial charge in [-0.2, -0.15) is 0 Å². The van der Waals surface area contributed by atoms with E-state index in [0.717, 1.165) is 38.5 Å². The average Bonchev–Trinajstić information content (AvgIpc) is 2.65. The summed E-state index contributed by atoms with van der Waals surface area (Å²) in [6.07, 6.45) is 8.32. The van der Waals surface area contributed by atoms with E-state index in [4.69, 9.17) is 0 Å². The maximum atomic E-state index is 12.8. The summed E-state index contributed by atoms with van der Waals surface area (Å²) >= 11 is 0.